The molecule has 0 bridgehead atoms. The molecule has 2 saturated heterocycles. The quantitative estimate of drug-likeness (QED) is 0.913. The summed E-state index contributed by atoms with van der Waals surface area (Å²) in [5.74, 6) is 1.62. The summed E-state index contributed by atoms with van der Waals surface area (Å²) in [4.78, 5) is 14.5. The van der Waals surface area contributed by atoms with Gasteiger partial charge in [-0.3, -0.25) is 4.79 Å². The monoisotopic (exact) mass is 280 g/mol. The summed E-state index contributed by atoms with van der Waals surface area (Å²) in [7, 11) is 0. The fraction of sp³-hybridized carbons (Fsp3) is 0.389. The van der Waals surface area contributed by atoms with Crippen molar-refractivity contribution in [1.29, 1.82) is 0 Å². The first-order valence-corrected chi connectivity index (χ1v) is 7.76. The van der Waals surface area contributed by atoms with Crippen LogP contribution in [-0.4, -0.2) is 37.0 Å². The minimum atomic E-state index is 0.277. The third-order valence-electron chi connectivity index (χ3n) is 4.91. The van der Waals surface area contributed by atoms with Gasteiger partial charge in [0, 0.05) is 26.2 Å². The molecule has 0 aromatic heterocycles. The zero-order valence-corrected chi connectivity index (χ0v) is 12.1. The zero-order chi connectivity index (χ0) is 14.2. The van der Waals surface area contributed by atoms with Gasteiger partial charge in [0.05, 0.1) is 6.42 Å². The van der Waals surface area contributed by atoms with E-state index in [1.807, 2.05) is 12.1 Å². The Bertz CT molecular complexity index is 670. The first-order chi connectivity index (χ1) is 10.3. The van der Waals surface area contributed by atoms with E-state index in [0.29, 0.717) is 18.3 Å². The molecule has 2 heterocycles. The SMILES string of the molecule is O=C(Cc1ccc2ccccc2c1)N1C[C@H]2CNC[C@H]2C1. The highest BCUT2D eigenvalue weighted by Gasteiger charge is 2.37. The van der Waals surface area contributed by atoms with Crippen LogP contribution >= 0.6 is 0 Å². The number of nitrogens with one attached hydrogen (secondary N) is 1. The molecule has 108 valence electrons. The maximum Gasteiger partial charge on any atom is 0.227 e. The maximum absolute atomic E-state index is 12.5. The van der Waals surface area contributed by atoms with Crippen LogP contribution in [0.25, 0.3) is 10.8 Å². The molecular formula is C18H20N2O. The second-order valence-corrected chi connectivity index (χ2v) is 6.34. The number of carbonyl (C=O) groups is 1. The number of likely N-dealkylation sites (tertiary alicyclic amines) is 1. The Balaban J connectivity index is 1.48. The number of hydrogen-bond acceptors (Lipinski definition) is 2. The minimum absolute atomic E-state index is 0.277. The Kier molecular flexibility index (Phi) is 3.15. The van der Waals surface area contributed by atoms with Gasteiger partial charge in [-0.15, -0.1) is 0 Å². The number of benzene rings is 2. The smallest absolute Gasteiger partial charge is 0.227 e. The lowest BCUT2D eigenvalue weighted by atomic mass is 10.0. The molecule has 3 heteroatoms. The van der Waals surface area contributed by atoms with Crippen LogP contribution in [0.4, 0.5) is 0 Å². The summed E-state index contributed by atoms with van der Waals surface area (Å²) in [6.45, 7) is 4.02. The van der Waals surface area contributed by atoms with E-state index in [-0.39, 0.29) is 5.91 Å². The standard InChI is InChI=1S/C18H20N2O/c21-18(20-11-16-9-19-10-17(16)12-20)8-13-5-6-14-3-1-2-4-15(14)7-13/h1-7,16-17,19H,8-12H2/t16-,17+. The Labute approximate surface area is 124 Å². The van der Waals surface area contributed by atoms with Crippen molar-refractivity contribution in [2.24, 2.45) is 11.8 Å². The Hall–Kier alpha value is -1.87. The minimum Gasteiger partial charge on any atom is -0.342 e. The van der Waals surface area contributed by atoms with Gasteiger partial charge in [-0.1, -0.05) is 42.5 Å². The van der Waals surface area contributed by atoms with Gasteiger partial charge in [0.1, 0.15) is 0 Å². The van der Waals surface area contributed by atoms with Crippen molar-refractivity contribution < 1.29 is 4.79 Å². The summed E-state index contributed by atoms with van der Waals surface area (Å²) in [6, 6.07) is 14.6. The van der Waals surface area contributed by atoms with Crippen molar-refractivity contribution in [3.05, 3.63) is 48.0 Å². The second-order valence-electron chi connectivity index (χ2n) is 6.34. The molecule has 2 aliphatic rings. The molecule has 2 fully saturated rings. The highest BCUT2D eigenvalue weighted by atomic mass is 16.2. The molecule has 2 atom stereocenters. The zero-order valence-electron chi connectivity index (χ0n) is 12.1. The van der Waals surface area contributed by atoms with Gasteiger partial charge in [0.25, 0.3) is 0 Å². The normalized spacial score (nSPS) is 24.5. The number of fused-ring (bicyclic) bond motifs is 2. The van der Waals surface area contributed by atoms with E-state index in [9.17, 15) is 4.79 Å². The molecule has 2 aliphatic heterocycles. The predicted octanol–water partition coefficient (Wildman–Crippen LogP) is 2.06. The fourth-order valence-corrected chi connectivity index (χ4v) is 3.69. The van der Waals surface area contributed by atoms with E-state index >= 15 is 0 Å². The van der Waals surface area contributed by atoms with Gasteiger partial charge in [-0.25, -0.2) is 0 Å². The molecular weight excluding hydrogens is 260 g/mol. The van der Waals surface area contributed by atoms with Crippen LogP contribution in [0.1, 0.15) is 5.56 Å². The summed E-state index contributed by atoms with van der Waals surface area (Å²) < 4.78 is 0. The van der Waals surface area contributed by atoms with Crippen LogP contribution in [0.2, 0.25) is 0 Å². The molecule has 1 amide bonds. The van der Waals surface area contributed by atoms with Crippen molar-refractivity contribution in [3.63, 3.8) is 0 Å². The van der Waals surface area contributed by atoms with Gasteiger partial charge >= 0.3 is 0 Å². The van der Waals surface area contributed by atoms with E-state index in [0.717, 1.165) is 31.7 Å². The molecule has 0 aliphatic carbocycles. The van der Waals surface area contributed by atoms with Crippen LogP contribution < -0.4 is 5.32 Å². The molecule has 2 aromatic rings. The summed E-state index contributed by atoms with van der Waals surface area (Å²) in [5.41, 5.74) is 1.12. The number of carbonyl (C=O) groups excluding carboxylic acids is 1. The molecule has 4 rings (SSSR count). The summed E-state index contributed by atoms with van der Waals surface area (Å²) in [5, 5.41) is 5.86. The third-order valence-corrected chi connectivity index (χ3v) is 4.91. The second kappa shape index (κ2) is 5.15. The average molecular weight is 280 g/mol. The number of nitrogens with zero attached hydrogens (tertiary/aromatic N) is 1. The summed E-state index contributed by atoms with van der Waals surface area (Å²) in [6.07, 6.45) is 0.525. The number of rotatable bonds is 2. The van der Waals surface area contributed by atoms with Crippen molar-refractivity contribution in [2.75, 3.05) is 26.2 Å². The van der Waals surface area contributed by atoms with Gasteiger partial charge in [0.2, 0.25) is 5.91 Å². The van der Waals surface area contributed by atoms with Gasteiger partial charge in [-0.05, 0) is 28.2 Å². The summed E-state index contributed by atoms with van der Waals surface area (Å²) >= 11 is 0. The molecule has 0 radical (unpaired) electrons. The van der Waals surface area contributed by atoms with Crippen LogP contribution in [0.15, 0.2) is 42.5 Å². The number of amides is 1. The Morgan fingerprint density at radius 3 is 2.52 bits per heavy atom. The highest BCUT2D eigenvalue weighted by Crippen LogP contribution is 2.27. The van der Waals surface area contributed by atoms with Gasteiger partial charge < -0.3 is 10.2 Å². The van der Waals surface area contributed by atoms with E-state index in [4.69, 9.17) is 0 Å². The Morgan fingerprint density at radius 2 is 1.76 bits per heavy atom. The molecule has 0 unspecified atom stereocenters. The lowest BCUT2D eigenvalue weighted by Gasteiger charge is -2.17. The van der Waals surface area contributed by atoms with E-state index in [2.05, 4.69) is 40.5 Å². The van der Waals surface area contributed by atoms with Crippen LogP contribution in [-0.2, 0) is 11.2 Å². The third kappa shape index (κ3) is 2.42. The van der Waals surface area contributed by atoms with Crippen molar-refractivity contribution in [2.45, 2.75) is 6.42 Å². The lowest BCUT2D eigenvalue weighted by Crippen LogP contribution is -2.32. The van der Waals surface area contributed by atoms with Crippen LogP contribution in [0.3, 0.4) is 0 Å². The lowest BCUT2D eigenvalue weighted by molar-refractivity contribution is -0.129. The van der Waals surface area contributed by atoms with E-state index < -0.39 is 0 Å². The highest BCUT2D eigenvalue weighted by molar-refractivity contribution is 5.85. The van der Waals surface area contributed by atoms with Crippen LogP contribution in [0.5, 0.6) is 0 Å². The molecule has 0 spiro atoms. The van der Waals surface area contributed by atoms with Crippen molar-refractivity contribution in [3.8, 4) is 0 Å². The molecule has 3 nitrogen and oxygen atoms in total. The molecule has 0 saturated carbocycles. The first kappa shape index (κ1) is 12.8. The first-order valence-electron chi connectivity index (χ1n) is 7.76. The molecule has 2 aromatic carbocycles. The number of hydrogen-bond donors (Lipinski definition) is 1. The fourth-order valence-electron chi connectivity index (χ4n) is 3.69. The maximum atomic E-state index is 12.5. The van der Waals surface area contributed by atoms with Crippen molar-refractivity contribution in [1.82, 2.24) is 10.2 Å². The van der Waals surface area contributed by atoms with E-state index in [1.54, 1.807) is 0 Å². The molecule has 1 N–H and O–H groups in total. The molecule has 21 heavy (non-hydrogen) atoms. The topological polar surface area (TPSA) is 32.3 Å². The van der Waals surface area contributed by atoms with E-state index in [1.165, 1.54) is 10.8 Å². The van der Waals surface area contributed by atoms with Crippen molar-refractivity contribution >= 4 is 16.7 Å². The van der Waals surface area contributed by atoms with Gasteiger partial charge in [0.15, 0.2) is 0 Å². The largest absolute Gasteiger partial charge is 0.342 e. The van der Waals surface area contributed by atoms with Gasteiger partial charge in [-0.2, -0.15) is 0 Å². The average Bonchev–Trinajstić information content (AvgIpc) is 3.08. The van der Waals surface area contributed by atoms with Crippen LogP contribution in [0, 0.1) is 11.8 Å². The Morgan fingerprint density at radius 1 is 1.05 bits per heavy atom. The predicted molar refractivity (Wildman–Crippen MR) is 84.1 cm³/mol.